The Balaban J connectivity index is 0.00000200. The van der Waals surface area contributed by atoms with Gasteiger partial charge in [-0.2, -0.15) is 0 Å². The molecule has 0 unspecified atom stereocenters. The standard InChI is InChI=1S/C17H34N2.ClH/c1-16(2)6-8-17(9-7-16)10-14-19(15-11-17)13-5-12-18(3)4;/h5-15H2,1-4H3;1H. The van der Waals surface area contributed by atoms with Crippen LogP contribution in [0.3, 0.4) is 0 Å². The van der Waals surface area contributed by atoms with E-state index in [0.717, 1.165) is 5.41 Å². The molecule has 1 saturated carbocycles. The van der Waals surface area contributed by atoms with Gasteiger partial charge in [-0.05, 0) is 96.1 Å². The Hall–Kier alpha value is 0.210. The van der Waals surface area contributed by atoms with Gasteiger partial charge in [0.05, 0.1) is 0 Å². The highest BCUT2D eigenvalue weighted by molar-refractivity contribution is 5.85. The molecular weight excluding hydrogens is 268 g/mol. The third kappa shape index (κ3) is 5.20. The molecule has 1 saturated heterocycles. The molecule has 0 aromatic carbocycles. The molecule has 3 heteroatoms. The summed E-state index contributed by atoms with van der Waals surface area (Å²) in [6.45, 7) is 10.2. The normalized spacial score (nSPS) is 25.6. The predicted octanol–water partition coefficient (Wildman–Crippen LogP) is 4.04. The molecule has 0 N–H and O–H groups in total. The minimum atomic E-state index is 0. The quantitative estimate of drug-likeness (QED) is 0.773. The van der Waals surface area contributed by atoms with Crippen molar-refractivity contribution in [2.45, 2.75) is 58.8 Å². The van der Waals surface area contributed by atoms with Gasteiger partial charge in [0, 0.05) is 0 Å². The van der Waals surface area contributed by atoms with Gasteiger partial charge in [-0.1, -0.05) is 13.8 Å². The van der Waals surface area contributed by atoms with Crippen molar-refractivity contribution in [3.8, 4) is 0 Å². The third-order valence-corrected chi connectivity index (χ3v) is 5.66. The van der Waals surface area contributed by atoms with Crippen molar-refractivity contribution in [1.82, 2.24) is 9.80 Å². The SMILES string of the molecule is CN(C)CCCN1CCC2(CC1)CCC(C)(C)CC2.Cl. The van der Waals surface area contributed by atoms with Crippen LogP contribution >= 0.6 is 12.4 Å². The zero-order chi connectivity index (χ0) is 13.9. The summed E-state index contributed by atoms with van der Waals surface area (Å²) in [5, 5.41) is 0. The van der Waals surface area contributed by atoms with Crippen molar-refractivity contribution in [3.05, 3.63) is 0 Å². The highest BCUT2D eigenvalue weighted by atomic mass is 35.5. The third-order valence-electron chi connectivity index (χ3n) is 5.66. The van der Waals surface area contributed by atoms with Gasteiger partial charge < -0.3 is 9.80 Å². The van der Waals surface area contributed by atoms with Crippen LogP contribution in [0.1, 0.15) is 58.8 Å². The lowest BCUT2D eigenvalue weighted by Gasteiger charge is -2.48. The van der Waals surface area contributed by atoms with Crippen molar-refractivity contribution in [2.75, 3.05) is 40.3 Å². The number of piperidine rings is 1. The van der Waals surface area contributed by atoms with Gasteiger partial charge in [0.15, 0.2) is 0 Å². The predicted molar refractivity (Wildman–Crippen MR) is 90.8 cm³/mol. The molecule has 0 aromatic heterocycles. The highest BCUT2D eigenvalue weighted by Crippen LogP contribution is 2.50. The maximum atomic E-state index is 2.70. The van der Waals surface area contributed by atoms with Crippen molar-refractivity contribution in [3.63, 3.8) is 0 Å². The second-order valence-electron chi connectivity index (χ2n) is 8.16. The first-order chi connectivity index (χ1) is 8.91. The minimum absolute atomic E-state index is 0. The molecule has 20 heavy (non-hydrogen) atoms. The molecule has 2 nitrogen and oxygen atoms in total. The Kier molecular flexibility index (Phi) is 6.82. The Bertz CT molecular complexity index is 269. The van der Waals surface area contributed by atoms with Crippen molar-refractivity contribution < 1.29 is 0 Å². The zero-order valence-corrected chi connectivity index (χ0v) is 14.9. The van der Waals surface area contributed by atoms with E-state index in [1.54, 1.807) is 0 Å². The van der Waals surface area contributed by atoms with E-state index in [1.807, 2.05) is 0 Å². The summed E-state index contributed by atoms with van der Waals surface area (Å²) < 4.78 is 0. The second-order valence-corrected chi connectivity index (χ2v) is 8.16. The fourth-order valence-electron chi connectivity index (χ4n) is 3.82. The van der Waals surface area contributed by atoms with Crippen LogP contribution in [0.5, 0.6) is 0 Å². The largest absolute Gasteiger partial charge is 0.309 e. The fraction of sp³-hybridized carbons (Fsp3) is 1.00. The Morgan fingerprint density at radius 3 is 1.95 bits per heavy atom. The molecule has 120 valence electrons. The van der Waals surface area contributed by atoms with Crippen molar-refractivity contribution in [2.24, 2.45) is 10.8 Å². The summed E-state index contributed by atoms with van der Waals surface area (Å²) >= 11 is 0. The van der Waals surface area contributed by atoms with Gasteiger partial charge in [0.1, 0.15) is 0 Å². The summed E-state index contributed by atoms with van der Waals surface area (Å²) in [6, 6.07) is 0. The number of hydrogen-bond donors (Lipinski definition) is 0. The van der Waals surface area contributed by atoms with E-state index in [-0.39, 0.29) is 12.4 Å². The summed E-state index contributed by atoms with van der Waals surface area (Å²) in [7, 11) is 4.35. The smallest absolute Gasteiger partial charge is 0.000654 e. The number of nitrogens with zero attached hydrogens (tertiary/aromatic N) is 2. The van der Waals surface area contributed by atoms with Crippen LogP contribution < -0.4 is 0 Å². The second kappa shape index (κ2) is 7.47. The van der Waals surface area contributed by atoms with E-state index in [1.165, 1.54) is 71.1 Å². The molecule has 2 aliphatic rings. The lowest BCUT2D eigenvalue weighted by molar-refractivity contribution is 0.0304. The first-order valence-corrected chi connectivity index (χ1v) is 8.28. The van der Waals surface area contributed by atoms with Crippen LogP contribution in [0.4, 0.5) is 0 Å². The highest BCUT2D eigenvalue weighted by Gasteiger charge is 2.39. The molecule has 1 aliphatic carbocycles. The molecule has 0 atom stereocenters. The van der Waals surface area contributed by atoms with E-state index in [9.17, 15) is 0 Å². The molecule has 2 rings (SSSR count). The molecule has 0 aromatic rings. The molecule has 0 amide bonds. The van der Waals surface area contributed by atoms with Crippen molar-refractivity contribution in [1.29, 1.82) is 0 Å². The monoisotopic (exact) mass is 302 g/mol. The maximum absolute atomic E-state index is 2.70. The summed E-state index contributed by atoms with van der Waals surface area (Å²) in [6.07, 6.45) is 10.1. The van der Waals surface area contributed by atoms with Crippen LogP contribution in [-0.2, 0) is 0 Å². The van der Waals surface area contributed by atoms with E-state index in [2.05, 4.69) is 37.7 Å². The van der Waals surface area contributed by atoms with Gasteiger partial charge in [-0.25, -0.2) is 0 Å². The molecule has 0 bridgehead atoms. The topological polar surface area (TPSA) is 6.48 Å². The van der Waals surface area contributed by atoms with E-state index in [0.29, 0.717) is 5.41 Å². The molecule has 1 heterocycles. The zero-order valence-electron chi connectivity index (χ0n) is 14.1. The lowest BCUT2D eigenvalue weighted by atomic mass is 9.61. The molecular formula is C17H35ClN2. The summed E-state index contributed by atoms with van der Waals surface area (Å²) in [5.74, 6) is 0. The number of likely N-dealkylation sites (tertiary alicyclic amines) is 1. The number of hydrogen-bond acceptors (Lipinski definition) is 2. The van der Waals surface area contributed by atoms with Crippen LogP contribution in [0.25, 0.3) is 0 Å². The van der Waals surface area contributed by atoms with Gasteiger partial charge in [-0.3, -0.25) is 0 Å². The Labute approximate surface area is 132 Å². The number of rotatable bonds is 4. The molecule has 1 aliphatic heterocycles. The first-order valence-electron chi connectivity index (χ1n) is 8.28. The minimum Gasteiger partial charge on any atom is -0.309 e. The Morgan fingerprint density at radius 1 is 0.900 bits per heavy atom. The Morgan fingerprint density at radius 2 is 1.45 bits per heavy atom. The average molecular weight is 303 g/mol. The summed E-state index contributed by atoms with van der Waals surface area (Å²) in [5.41, 5.74) is 1.35. The molecule has 1 spiro atoms. The first kappa shape index (κ1) is 18.3. The van der Waals surface area contributed by atoms with Crippen LogP contribution in [-0.4, -0.2) is 50.1 Å². The summed E-state index contributed by atoms with van der Waals surface area (Å²) in [4.78, 5) is 5.00. The van der Waals surface area contributed by atoms with Crippen LogP contribution in [0.2, 0.25) is 0 Å². The fourth-order valence-corrected chi connectivity index (χ4v) is 3.82. The number of halogens is 1. The molecule has 0 radical (unpaired) electrons. The van der Waals surface area contributed by atoms with Gasteiger partial charge in [-0.15, -0.1) is 12.4 Å². The van der Waals surface area contributed by atoms with Crippen LogP contribution in [0, 0.1) is 10.8 Å². The molecule has 2 fully saturated rings. The van der Waals surface area contributed by atoms with Crippen LogP contribution in [0.15, 0.2) is 0 Å². The van der Waals surface area contributed by atoms with Crippen molar-refractivity contribution >= 4 is 12.4 Å². The maximum Gasteiger partial charge on any atom is -0.000654 e. The van der Waals surface area contributed by atoms with E-state index in [4.69, 9.17) is 0 Å². The van der Waals surface area contributed by atoms with E-state index >= 15 is 0 Å². The van der Waals surface area contributed by atoms with Gasteiger partial charge in [0.25, 0.3) is 0 Å². The average Bonchev–Trinajstić information content (AvgIpc) is 2.36. The van der Waals surface area contributed by atoms with E-state index < -0.39 is 0 Å². The lowest BCUT2D eigenvalue weighted by Crippen LogP contribution is -2.43. The van der Waals surface area contributed by atoms with Gasteiger partial charge in [0.2, 0.25) is 0 Å². The van der Waals surface area contributed by atoms with Gasteiger partial charge >= 0.3 is 0 Å².